The normalized spacial score (nSPS) is 10.7. The lowest BCUT2D eigenvalue weighted by Crippen LogP contribution is -2.24. The van der Waals surface area contributed by atoms with Crippen LogP contribution in [0.1, 0.15) is 33.0 Å². The number of fused-ring (bicyclic) bond motifs is 1. The Morgan fingerprint density at radius 2 is 1.45 bits per heavy atom. The Kier molecular flexibility index (Phi) is 17.9. The summed E-state index contributed by atoms with van der Waals surface area (Å²) in [7, 11) is 0. The lowest BCUT2D eigenvalue weighted by molar-refractivity contribution is -0.134. The van der Waals surface area contributed by atoms with Crippen molar-refractivity contribution in [1.82, 2.24) is 19.4 Å². The van der Waals surface area contributed by atoms with Crippen LogP contribution in [-0.2, 0) is 36.9 Å². The number of aromatic nitrogens is 3. The van der Waals surface area contributed by atoms with Gasteiger partial charge in [0.15, 0.2) is 5.65 Å². The topological polar surface area (TPSA) is 192 Å². The van der Waals surface area contributed by atoms with Crippen molar-refractivity contribution in [3.63, 3.8) is 0 Å². The number of carboxylic acid groups (broad SMARTS) is 4. The van der Waals surface area contributed by atoms with Crippen molar-refractivity contribution in [3.05, 3.63) is 48.5 Å². The van der Waals surface area contributed by atoms with E-state index < -0.39 is 23.9 Å². The van der Waals surface area contributed by atoms with Crippen LogP contribution in [-0.4, -0.2) is 96.6 Å². The molecule has 210 valence electrons. The van der Waals surface area contributed by atoms with Crippen LogP contribution >= 0.6 is 0 Å². The molecular weight excluding hydrogens is 500 g/mol. The molecule has 38 heavy (non-hydrogen) atoms. The molecule has 13 nitrogen and oxygen atoms in total. The van der Waals surface area contributed by atoms with Crippen LogP contribution < -0.4 is 0 Å². The Hall–Kier alpha value is -4.10. The van der Waals surface area contributed by atoms with Crippen LogP contribution in [0.3, 0.4) is 0 Å². The molecule has 2 rings (SSSR count). The molecule has 0 aliphatic rings. The molecule has 0 fully saturated rings. The Balaban J connectivity index is 0.000000705. The summed E-state index contributed by atoms with van der Waals surface area (Å²) in [6, 6.07) is 3.98. The van der Waals surface area contributed by atoms with Crippen molar-refractivity contribution in [2.75, 3.05) is 32.8 Å². The zero-order valence-corrected chi connectivity index (χ0v) is 21.8. The molecule has 2 aromatic rings. The van der Waals surface area contributed by atoms with Crippen molar-refractivity contribution in [3.8, 4) is 0 Å². The monoisotopic (exact) mass is 536 g/mol. The van der Waals surface area contributed by atoms with Gasteiger partial charge in [-0.05, 0) is 45.1 Å². The van der Waals surface area contributed by atoms with Gasteiger partial charge in [0, 0.05) is 50.1 Å². The first-order chi connectivity index (χ1) is 18.0. The fourth-order valence-corrected chi connectivity index (χ4v) is 3.02. The second-order valence-electron chi connectivity index (χ2n) is 7.37. The quantitative estimate of drug-likeness (QED) is 0.203. The van der Waals surface area contributed by atoms with Crippen molar-refractivity contribution in [1.29, 1.82) is 0 Å². The van der Waals surface area contributed by atoms with Gasteiger partial charge in [-0.25, -0.2) is 29.1 Å². The van der Waals surface area contributed by atoms with Gasteiger partial charge in [0.2, 0.25) is 0 Å². The number of rotatable bonds is 14. The maximum Gasteiger partial charge on any atom is 0.328 e. The number of pyridine rings is 1. The van der Waals surface area contributed by atoms with Gasteiger partial charge in [-0.2, -0.15) is 0 Å². The Bertz CT molecular complexity index is 1010. The first kappa shape index (κ1) is 33.9. The summed E-state index contributed by atoms with van der Waals surface area (Å²) in [5.74, 6) is -3.90. The van der Waals surface area contributed by atoms with Crippen molar-refractivity contribution < 1.29 is 44.3 Å². The second kappa shape index (κ2) is 20.0. The third-order valence-electron chi connectivity index (χ3n) is 4.75. The van der Waals surface area contributed by atoms with E-state index >= 15 is 0 Å². The van der Waals surface area contributed by atoms with Gasteiger partial charge in [0.1, 0.15) is 11.3 Å². The molecule has 2 aromatic heterocycles. The van der Waals surface area contributed by atoms with E-state index in [9.17, 15) is 19.2 Å². The minimum Gasteiger partial charge on any atom is -0.478 e. The maximum absolute atomic E-state index is 9.55. The van der Waals surface area contributed by atoms with E-state index in [1.54, 1.807) is 0 Å². The smallest absolute Gasteiger partial charge is 0.328 e. The number of ether oxygens (including phenoxy) is 1. The molecule has 0 bridgehead atoms. The van der Waals surface area contributed by atoms with Gasteiger partial charge in [-0.15, -0.1) is 0 Å². The third-order valence-corrected chi connectivity index (χ3v) is 4.75. The summed E-state index contributed by atoms with van der Waals surface area (Å²) >= 11 is 0. The number of carboxylic acids is 4. The SMILES string of the molecule is CCOCCn1c(CCCN(CC)CC)nc2cccnc21.O=C(O)/C=C/C(=O)O.O=C(O)/C=C/C(=O)O. The number of aryl methyl sites for hydroxylation is 1. The maximum atomic E-state index is 9.55. The zero-order valence-electron chi connectivity index (χ0n) is 21.8. The molecule has 0 spiro atoms. The highest BCUT2D eigenvalue weighted by molar-refractivity contribution is 5.90. The Labute approximate surface area is 220 Å². The summed E-state index contributed by atoms with van der Waals surface area (Å²) in [6.45, 7) is 12.1. The molecule has 0 radical (unpaired) electrons. The molecule has 0 unspecified atom stereocenters. The van der Waals surface area contributed by atoms with E-state index in [-0.39, 0.29) is 0 Å². The van der Waals surface area contributed by atoms with Crippen molar-refractivity contribution >= 4 is 35.0 Å². The predicted octanol–water partition coefficient (Wildman–Crippen LogP) is 2.17. The number of hydrogen-bond donors (Lipinski definition) is 4. The molecular formula is C25H36N4O9. The molecule has 0 atom stereocenters. The summed E-state index contributed by atoms with van der Waals surface area (Å²) in [5, 5.41) is 31.2. The van der Waals surface area contributed by atoms with Gasteiger partial charge in [-0.1, -0.05) is 13.8 Å². The molecule has 0 saturated heterocycles. The van der Waals surface area contributed by atoms with Crippen LogP contribution in [0.25, 0.3) is 11.2 Å². The fourth-order valence-electron chi connectivity index (χ4n) is 3.02. The first-order valence-corrected chi connectivity index (χ1v) is 11.9. The molecule has 13 heteroatoms. The average molecular weight is 537 g/mol. The van der Waals surface area contributed by atoms with Gasteiger partial charge in [-0.3, -0.25) is 0 Å². The van der Waals surface area contributed by atoms with E-state index in [1.807, 2.05) is 25.3 Å². The van der Waals surface area contributed by atoms with Crippen molar-refractivity contribution in [2.24, 2.45) is 0 Å². The highest BCUT2D eigenvalue weighted by Crippen LogP contribution is 2.15. The minimum absolute atomic E-state index is 0.558. The van der Waals surface area contributed by atoms with Crippen LogP contribution in [0.2, 0.25) is 0 Å². The molecule has 0 saturated carbocycles. The van der Waals surface area contributed by atoms with Crippen LogP contribution in [0.15, 0.2) is 42.6 Å². The lowest BCUT2D eigenvalue weighted by Gasteiger charge is -2.17. The minimum atomic E-state index is -1.26. The van der Waals surface area contributed by atoms with E-state index in [0.717, 1.165) is 62.6 Å². The Morgan fingerprint density at radius 3 is 1.89 bits per heavy atom. The fraction of sp³-hybridized carbons (Fsp3) is 0.440. The summed E-state index contributed by atoms with van der Waals surface area (Å²) in [5.41, 5.74) is 1.96. The average Bonchev–Trinajstić information content (AvgIpc) is 3.22. The predicted molar refractivity (Wildman–Crippen MR) is 139 cm³/mol. The van der Waals surface area contributed by atoms with Crippen LogP contribution in [0.4, 0.5) is 0 Å². The highest BCUT2D eigenvalue weighted by Gasteiger charge is 2.11. The summed E-state index contributed by atoms with van der Waals surface area (Å²) in [4.78, 5) is 49.9. The van der Waals surface area contributed by atoms with E-state index in [4.69, 9.17) is 30.1 Å². The molecule has 0 aliphatic heterocycles. The molecule has 2 heterocycles. The molecule has 4 N–H and O–H groups in total. The lowest BCUT2D eigenvalue weighted by atomic mass is 10.2. The van der Waals surface area contributed by atoms with Crippen LogP contribution in [0.5, 0.6) is 0 Å². The highest BCUT2D eigenvalue weighted by atomic mass is 16.5. The third kappa shape index (κ3) is 15.8. The Morgan fingerprint density at radius 1 is 0.921 bits per heavy atom. The molecule has 0 aliphatic carbocycles. The second-order valence-corrected chi connectivity index (χ2v) is 7.37. The van der Waals surface area contributed by atoms with Crippen LogP contribution in [0, 0.1) is 0 Å². The van der Waals surface area contributed by atoms with E-state index in [0.29, 0.717) is 30.9 Å². The molecule has 0 amide bonds. The summed E-state index contributed by atoms with van der Waals surface area (Å²) in [6.07, 6.45) is 6.18. The van der Waals surface area contributed by atoms with E-state index in [1.165, 1.54) is 0 Å². The van der Waals surface area contributed by atoms with Gasteiger partial charge < -0.3 is 34.6 Å². The summed E-state index contributed by atoms with van der Waals surface area (Å²) < 4.78 is 7.72. The van der Waals surface area contributed by atoms with E-state index in [2.05, 4.69) is 28.3 Å². The standard InChI is InChI=1S/C17H28N4O.2C4H4O4/c1-4-20(5-2)12-8-10-16-19-15-9-7-11-18-17(15)21(16)13-14-22-6-3;2*5-3(6)1-2-4(7)8/h7,9,11H,4-6,8,10,12-14H2,1-3H3;2*1-2H,(H,5,6)(H,7,8)/b;2*2-1+. The number of aliphatic carboxylic acids is 4. The number of carbonyl (C=O) groups is 4. The van der Waals surface area contributed by atoms with Crippen molar-refractivity contribution in [2.45, 2.75) is 40.2 Å². The van der Waals surface area contributed by atoms with Gasteiger partial charge >= 0.3 is 23.9 Å². The zero-order chi connectivity index (χ0) is 28.9. The number of nitrogens with zero attached hydrogens (tertiary/aromatic N) is 4. The first-order valence-electron chi connectivity index (χ1n) is 11.9. The molecule has 0 aromatic carbocycles. The largest absolute Gasteiger partial charge is 0.478 e. The number of imidazole rings is 1. The van der Waals surface area contributed by atoms with Gasteiger partial charge in [0.25, 0.3) is 0 Å². The number of hydrogen-bond acceptors (Lipinski definition) is 8. The van der Waals surface area contributed by atoms with Gasteiger partial charge in [0.05, 0.1) is 6.61 Å².